The number of hydrogen-bond donors (Lipinski definition) is 1. The molecule has 0 spiro atoms. The van der Waals surface area contributed by atoms with E-state index in [2.05, 4.69) is 0 Å². The van der Waals surface area contributed by atoms with Crippen LogP contribution in [0, 0.1) is 6.92 Å². The van der Waals surface area contributed by atoms with Crippen LogP contribution in [0.5, 0.6) is 11.5 Å². The van der Waals surface area contributed by atoms with Crippen LogP contribution in [0.3, 0.4) is 0 Å². The molecule has 2 aromatic carbocycles. The number of carbonyl (C=O) groups is 2. The summed E-state index contributed by atoms with van der Waals surface area (Å²) in [6, 6.07) is 10.8. The average molecular weight is 504 g/mol. The third-order valence-corrected chi connectivity index (χ3v) is 6.96. The number of benzene rings is 2. The molecule has 0 aliphatic carbocycles. The Bertz CT molecular complexity index is 1300. The van der Waals surface area contributed by atoms with E-state index in [-0.39, 0.29) is 26.9 Å². The molecule has 1 N–H and O–H groups in total. The van der Waals surface area contributed by atoms with Crippen LogP contribution in [0.1, 0.15) is 22.0 Å². The molecule has 2 heterocycles. The number of amides is 1. The van der Waals surface area contributed by atoms with Crippen molar-refractivity contribution >= 4 is 57.7 Å². The largest absolute Gasteiger partial charge is 0.507 e. The van der Waals surface area contributed by atoms with Gasteiger partial charge in [0.1, 0.15) is 23.3 Å². The molecule has 0 radical (unpaired) electrons. The lowest BCUT2D eigenvalue weighted by Gasteiger charge is -2.25. The maximum atomic E-state index is 13.3. The van der Waals surface area contributed by atoms with Crippen molar-refractivity contribution < 1.29 is 24.2 Å². The topological polar surface area (TPSA) is 76.1 Å². The molecule has 1 unspecified atom stereocenters. The maximum absolute atomic E-state index is 13.3. The molecule has 6 nitrogen and oxygen atoms in total. The van der Waals surface area contributed by atoms with Crippen molar-refractivity contribution in [2.75, 3.05) is 19.1 Å². The lowest BCUT2D eigenvalue weighted by atomic mass is 9.97. The van der Waals surface area contributed by atoms with Crippen molar-refractivity contribution in [2.45, 2.75) is 13.0 Å². The van der Waals surface area contributed by atoms with E-state index in [0.717, 1.165) is 10.4 Å². The quantitative estimate of drug-likeness (QED) is 0.262. The van der Waals surface area contributed by atoms with Gasteiger partial charge in [-0.05, 0) is 48.2 Å². The molecule has 1 aliphatic heterocycles. The smallest absolute Gasteiger partial charge is 0.300 e. The minimum atomic E-state index is -0.862. The zero-order valence-corrected chi connectivity index (χ0v) is 20.2. The van der Waals surface area contributed by atoms with E-state index in [0.29, 0.717) is 11.4 Å². The Morgan fingerprint density at radius 1 is 1.09 bits per heavy atom. The van der Waals surface area contributed by atoms with Crippen LogP contribution in [-0.2, 0) is 9.59 Å². The van der Waals surface area contributed by atoms with Crippen molar-refractivity contribution in [2.24, 2.45) is 0 Å². The number of ketones is 1. The van der Waals surface area contributed by atoms with Gasteiger partial charge < -0.3 is 14.6 Å². The summed E-state index contributed by atoms with van der Waals surface area (Å²) >= 11 is 13.8. The highest BCUT2D eigenvalue weighted by atomic mass is 35.5. The van der Waals surface area contributed by atoms with Gasteiger partial charge in [0.05, 0.1) is 30.4 Å². The summed E-state index contributed by atoms with van der Waals surface area (Å²) in [5.41, 5.74) is 1.38. The van der Waals surface area contributed by atoms with Crippen molar-refractivity contribution in [3.63, 3.8) is 0 Å². The second kappa shape index (κ2) is 9.09. The monoisotopic (exact) mass is 503 g/mol. The highest BCUT2D eigenvalue weighted by Crippen LogP contribution is 2.47. The van der Waals surface area contributed by atoms with Crippen LogP contribution in [-0.4, -0.2) is 31.0 Å². The molecule has 0 saturated carbocycles. The average Bonchev–Trinajstić information content (AvgIpc) is 3.33. The predicted molar refractivity (Wildman–Crippen MR) is 130 cm³/mol. The number of Topliss-reactive ketones (excluding diaryl/α,β-unsaturated/α-hetero) is 1. The van der Waals surface area contributed by atoms with E-state index in [1.54, 1.807) is 24.3 Å². The number of aliphatic hydroxyl groups is 1. The van der Waals surface area contributed by atoms with Gasteiger partial charge >= 0.3 is 0 Å². The molecule has 9 heteroatoms. The van der Waals surface area contributed by atoms with Crippen molar-refractivity contribution in [1.29, 1.82) is 0 Å². The maximum Gasteiger partial charge on any atom is 0.300 e. The first-order valence-corrected chi connectivity index (χ1v) is 11.4. The number of aliphatic hydroxyl groups excluding tert-OH is 1. The molecular weight excluding hydrogens is 485 g/mol. The van der Waals surface area contributed by atoms with Gasteiger partial charge in [0.25, 0.3) is 11.7 Å². The van der Waals surface area contributed by atoms with Gasteiger partial charge in [-0.1, -0.05) is 29.3 Å². The number of thiophene rings is 1. The second-order valence-electron chi connectivity index (χ2n) is 7.31. The fourth-order valence-corrected chi connectivity index (χ4v) is 5.46. The summed E-state index contributed by atoms with van der Waals surface area (Å²) < 4.78 is 10.7. The van der Waals surface area contributed by atoms with Crippen molar-refractivity contribution in [3.05, 3.63) is 79.5 Å². The van der Waals surface area contributed by atoms with Gasteiger partial charge in [-0.15, -0.1) is 11.3 Å². The van der Waals surface area contributed by atoms with Crippen LogP contribution in [0.15, 0.2) is 53.4 Å². The van der Waals surface area contributed by atoms with E-state index in [4.69, 9.17) is 32.7 Å². The fraction of sp³-hybridized carbons (Fsp3) is 0.167. The first kappa shape index (κ1) is 23.2. The minimum absolute atomic E-state index is 0.0787. The first-order chi connectivity index (χ1) is 15.8. The summed E-state index contributed by atoms with van der Waals surface area (Å²) in [6.07, 6.45) is 0. The third-order valence-electron chi connectivity index (χ3n) is 5.39. The van der Waals surface area contributed by atoms with Crippen molar-refractivity contribution in [3.8, 4) is 11.5 Å². The number of anilines is 1. The van der Waals surface area contributed by atoms with Crippen LogP contribution in [0.4, 0.5) is 5.69 Å². The number of rotatable bonds is 5. The molecule has 0 bridgehead atoms. The van der Waals surface area contributed by atoms with E-state index < -0.39 is 23.5 Å². The summed E-state index contributed by atoms with van der Waals surface area (Å²) in [4.78, 5) is 28.7. The zero-order chi connectivity index (χ0) is 23.9. The molecule has 1 fully saturated rings. The van der Waals surface area contributed by atoms with Gasteiger partial charge in [-0.25, -0.2) is 0 Å². The Morgan fingerprint density at radius 3 is 2.48 bits per heavy atom. The van der Waals surface area contributed by atoms with Crippen LogP contribution >= 0.6 is 34.5 Å². The first-order valence-electron chi connectivity index (χ1n) is 9.81. The molecule has 170 valence electrons. The summed E-state index contributed by atoms with van der Waals surface area (Å²) in [5.74, 6) is -1.34. The number of aryl methyl sites for hydroxylation is 1. The molecule has 33 heavy (non-hydrogen) atoms. The molecule has 3 aromatic rings. The minimum Gasteiger partial charge on any atom is -0.507 e. The molecule has 1 saturated heterocycles. The summed E-state index contributed by atoms with van der Waals surface area (Å²) in [6.45, 7) is 1.88. The van der Waals surface area contributed by atoms with E-state index in [1.165, 1.54) is 42.6 Å². The Morgan fingerprint density at radius 2 is 1.85 bits per heavy atom. The van der Waals surface area contributed by atoms with E-state index >= 15 is 0 Å². The van der Waals surface area contributed by atoms with Crippen LogP contribution in [0.2, 0.25) is 10.0 Å². The number of methoxy groups -OCH3 is 2. The lowest BCUT2D eigenvalue weighted by molar-refractivity contribution is -0.132. The zero-order valence-electron chi connectivity index (χ0n) is 17.9. The van der Waals surface area contributed by atoms with Gasteiger partial charge in [-0.3, -0.25) is 14.5 Å². The predicted octanol–water partition coefficient (Wildman–Crippen LogP) is 6.01. The lowest BCUT2D eigenvalue weighted by Crippen LogP contribution is -2.29. The van der Waals surface area contributed by atoms with Gasteiger partial charge in [0, 0.05) is 21.7 Å². The molecule has 1 amide bonds. The standard InChI is InChI=1S/C24H19Cl2NO5S/c1-12-7-8-33-23(12)19-18(20(28)16-9-13(25)10-17(26)22(16)32-3)21(29)24(30)27(19)14-5-4-6-15(11-14)31-2/h4-11,19,28H,1-3H3/b20-18+. The number of nitrogens with zero attached hydrogens (tertiary/aromatic N) is 1. The fourth-order valence-electron chi connectivity index (χ4n) is 3.86. The Kier molecular flexibility index (Phi) is 6.38. The van der Waals surface area contributed by atoms with Gasteiger partial charge in [0.15, 0.2) is 0 Å². The van der Waals surface area contributed by atoms with Crippen LogP contribution < -0.4 is 14.4 Å². The SMILES string of the molecule is COc1cccc(N2C(=O)C(=O)/C(=C(/O)c3cc(Cl)cc(Cl)c3OC)C2c2sccc2C)c1. The van der Waals surface area contributed by atoms with Crippen LogP contribution in [0.25, 0.3) is 5.76 Å². The molecule has 1 aromatic heterocycles. The third kappa shape index (κ3) is 3.97. The van der Waals surface area contributed by atoms with Crippen molar-refractivity contribution in [1.82, 2.24) is 0 Å². The van der Waals surface area contributed by atoms with E-state index in [1.807, 2.05) is 18.4 Å². The van der Waals surface area contributed by atoms with E-state index in [9.17, 15) is 14.7 Å². The Labute approximate surface area is 204 Å². The Hall–Kier alpha value is -3.00. The van der Waals surface area contributed by atoms with Gasteiger partial charge in [0.2, 0.25) is 0 Å². The Balaban J connectivity index is 2.01. The normalized spacial score (nSPS) is 17.5. The molecule has 4 rings (SSSR count). The number of ether oxygens (including phenoxy) is 2. The summed E-state index contributed by atoms with van der Waals surface area (Å²) in [5, 5.41) is 13.6. The number of carbonyl (C=O) groups excluding carboxylic acids is 2. The van der Waals surface area contributed by atoms with Gasteiger partial charge in [-0.2, -0.15) is 0 Å². The number of hydrogen-bond acceptors (Lipinski definition) is 6. The summed E-state index contributed by atoms with van der Waals surface area (Å²) in [7, 11) is 2.91. The highest BCUT2D eigenvalue weighted by Gasteiger charge is 2.48. The highest BCUT2D eigenvalue weighted by molar-refractivity contribution is 7.10. The number of halogens is 2. The molecular formula is C24H19Cl2NO5S. The molecule has 1 atom stereocenters. The second-order valence-corrected chi connectivity index (χ2v) is 9.10. The molecule has 1 aliphatic rings.